The molecule has 1 aromatic carbocycles. The third kappa shape index (κ3) is 2.56. The maximum absolute atomic E-state index is 13.7. The van der Waals surface area contributed by atoms with Crippen molar-refractivity contribution in [1.29, 1.82) is 0 Å². The molecule has 32 heavy (non-hydrogen) atoms. The maximum Gasteiger partial charge on any atom is 0.404 e. The Labute approximate surface area is 184 Å². The summed E-state index contributed by atoms with van der Waals surface area (Å²) in [6, 6.07) is 6.32. The van der Waals surface area contributed by atoms with Crippen molar-refractivity contribution in [3.05, 3.63) is 46.8 Å². The van der Waals surface area contributed by atoms with Gasteiger partial charge in [-0.3, -0.25) is 14.5 Å². The van der Waals surface area contributed by atoms with Gasteiger partial charge in [-0.05, 0) is 38.2 Å². The third-order valence-corrected chi connectivity index (χ3v) is 7.08. The predicted octanol–water partition coefficient (Wildman–Crippen LogP) is 0.550. The second-order valence-corrected chi connectivity index (χ2v) is 8.52. The van der Waals surface area contributed by atoms with E-state index >= 15 is 0 Å². The van der Waals surface area contributed by atoms with Crippen LogP contribution in [0.5, 0.6) is 5.75 Å². The minimum atomic E-state index is -1.00. The Balaban J connectivity index is 1.57. The van der Waals surface area contributed by atoms with Crippen LogP contribution >= 0.6 is 0 Å². The second-order valence-electron chi connectivity index (χ2n) is 8.52. The average molecular weight is 440 g/mol. The molecule has 168 valence electrons. The minimum Gasteiger partial charge on any atom is -0.508 e. The molecule has 4 N–H and O–H groups in total. The molecule has 2 fully saturated rings. The van der Waals surface area contributed by atoms with E-state index in [0.717, 1.165) is 0 Å². The van der Waals surface area contributed by atoms with E-state index in [1.54, 1.807) is 26.2 Å². The Bertz CT molecular complexity index is 1110. The molecule has 1 amide bonds. The van der Waals surface area contributed by atoms with E-state index < -0.39 is 17.7 Å². The smallest absolute Gasteiger partial charge is 0.404 e. The number of aromatic hydroxyl groups is 1. The summed E-state index contributed by atoms with van der Waals surface area (Å²) in [7, 11) is 3.50. The lowest BCUT2D eigenvalue weighted by Gasteiger charge is -2.40. The van der Waals surface area contributed by atoms with Crippen LogP contribution in [0.4, 0.5) is 10.5 Å². The quantitative estimate of drug-likeness (QED) is 0.341. The molecule has 0 bridgehead atoms. The molecular weight excluding hydrogens is 416 g/mol. The number of ketones is 2. The van der Waals surface area contributed by atoms with Crippen LogP contribution in [0.2, 0.25) is 0 Å². The number of Topliss-reactive ketones (excluding diaryl/α,β-unsaturated/α-hetero) is 2. The van der Waals surface area contributed by atoms with Crippen LogP contribution in [0.25, 0.3) is 0 Å². The SMILES string of the molecule is COC12[C@@H](COC(N)=O)C3=C(C(=O)C(C)=C(Nc4ccc(O)cc4)C3=O)N1C[C@@H]1[C@H]2N1C. The van der Waals surface area contributed by atoms with Gasteiger partial charge in [-0.2, -0.15) is 0 Å². The Kier molecular flexibility index (Phi) is 4.37. The number of hydrogen-bond donors (Lipinski definition) is 3. The van der Waals surface area contributed by atoms with E-state index in [4.69, 9.17) is 15.2 Å². The molecule has 0 spiro atoms. The fourth-order valence-electron chi connectivity index (χ4n) is 5.55. The van der Waals surface area contributed by atoms with Gasteiger partial charge in [0.25, 0.3) is 0 Å². The molecule has 1 aliphatic carbocycles. The molecule has 0 radical (unpaired) electrons. The molecule has 2 saturated heterocycles. The maximum atomic E-state index is 13.7. The summed E-state index contributed by atoms with van der Waals surface area (Å²) in [4.78, 5) is 42.6. The fraction of sp³-hybridized carbons (Fsp3) is 0.409. The van der Waals surface area contributed by atoms with E-state index in [1.165, 1.54) is 12.1 Å². The lowest BCUT2D eigenvalue weighted by molar-refractivity contribution is -0.144. The van der Waals surface area contributed by atoms with Gasteiger partial charge in [0.2, 0.25) is 11.6 Å². The van der Waals surface area contributed by atoms with Crippen molar-refractivity contribution in [3.8, 4) is 5.75 Å². The molecule has 5 atom stereocenters. The van der Waals surface area contributed by atoms with Crippen molar-refractivity contribution in [3.63, 3.8) is 0 Å². The van der Waals surface area contributed by atoms with Gasteiger partial charge in [0.1, 0.15) is 12.4 Å². The molecule has 1 aromatic rings. The van der Waals surface area contributed by atoms with Crippen LogP contribution < -0.4 is 11.1 Å². The number of ether oxygens (including phenoxy) is 2. The summed E-state index contributed by atoms with van der Waals surface area (Å²) >= 11 is 0. The Hall–Kier alpha value is -3.37. The van der Waals surface area contributed by atoms with E-state index in [2.05, 4.69) is 10.2 Å². The molecule has 5 rings (SSSR count). The number of nitrogens with zero attached hydrogens (tertiary/aromatic N) is 2. The highest BCUT2D eigenvalue weighted by molar-refractivity contribution is 6.26. The number of benzene rings is 1. The van der Waals surface area contributed by atoms with Crippen molar-refractivity contribution in [1.82, 2.24) is 9.80 Å². The van der Waals surface area contributed by atoms with Gasteiger partial charge in [-0.1, -0.05) is 0 Å². The zero-order valence-corrected chi connectivity index (χ0v) is 17.9. The Morgan fingerprint density at radius 1 is 1.28 bits per heavy atom. The van der Waals surface area contributed by atoms with Gasteiger partial charge in [-0.25, -0.2) is 4.79 Å². The highest BCUT2D eigenvalue weighted by Crippen LogP contribution is 2.59. The number of primary amides is 1. The number of allylic oxidation sites excluding steroid dienone is 2. The van der Waals surface area contributed by atoms with Crippen LogP contribution in [-0.2, 0) is 19.1 Å². The first-order valence-corrected chi connectivity index (χ1v) is 10.3. The summed E-state index contributed by atoms with van der Waals surface area (Å²) < 4.78 is 11.2. The van der Waals surface area contributed by atoms with E-state index in [-0.39, 0.29) is 52.8 Å². The number of phenols is 1. The molecule has 10 nitrogen and oxygen atoms in total. The summed E-state index contributed by atoms with van der Waals surface area (Å²) in [5.41, 5.74) is 5.79. The van der Waals surface area contributed by atoms with E-state index in [1.807, 2.05) is 11.9 Å². The van der Waals surface area contributed by atoms with E-state index in [9.17, 15) is 19.5 Å². The van der Waals surface area contributed by atoms with Gasteiger partial charge in [0.05, 0.1) is 23.4 Å². The van der Waals surface area contributed by atoms with E-state index in [0.29, 0.717) is 17.9 Å². The number of fused-ring (bicyclic) bond motifs is 4. The normalized spacial score (nSPS) is 32.7. The van der Waals surface area contributed by atoms with Gasteiger partial charge >= 0.3 is 6.09 Å². The van der Waals surface area contributed by atoms with Crippen molar-refractivity contribution < 1.29 is 29.0 Å². The molecular formula is C22H24N4O6. The lowest BCUT2D eigenvalue weighted by atomic mass is 9.82. The number of nitrogens with one attached hydrogen (secondary N) is 1. The van der Waals surface area contributed by atoms with Crippen molar-refractivity contribution >= 4 is 23.3 Å². The first-order chi connectivity index (χ1) is 15.2. The molecule has 2 unspecified atom stereocenters. The number of phenolic OH excluding ortho intramolecular Hbond substituents is 1. The van der Waals surface area contributed by atoms with Crippen molar-refractivity contribution in [2.24, 2.45) is 11.7 Å². The van der Waals surface area contributed by atoms with Gasteiger partial charge in [0, 0.05) is 36.5 Å². The summed E-state index contributed by atoms with van der Waals surface area (Å²) in [5, 5.41) is 12.5. The van der Waals surface area contributed by atoms with Crippen LogP contribution in [0.3, 0.4) is 0 Å². The van der Waals surface area contributed by atoms with Crippen molar-refractivity contribution in [2.45, 2.75) is 24.7 Å². The largest absolute Gasteiger partial charge is 0.508 e. The Morgan fingerprint density at radius 3 is 2.59 bits per heavy atom. The Morgan fingerprint density at radius 2 is 1.97 bits per heavy atom. The summed E-state index contributed by atoms with van der Waals surface area (Å²) in [5.74, 6) is -1.22. The van der Waals surface area contributed by atoms with Crippen molar-refractivity contribution in [2.75, 3.05) is 32.6 Å². The number of methoxy groups -OCH3 is 1. The van der Waals surface area contributed by atoms with Gasteiger partial charge < -0.3 is 30.5 Å². The van der Waals surface area contributed by atoms with Gasteiger partial charge in [-0.15, -0.1) is 0 Å². The molecule has 4 aliphatic rings. The lowest BCUT2D eigenvalue weighted by Crippen LogP contribution is -2.55. The monoisotopic (exact) mass is 440 g/mol. The molecule has 3 aliphatic heterocycles. The predicted molar refractivity (Wildman–Crippen MR) is 112 cm³/mol. The number of likely N-dealkylation sites (N-methyl/N-ethyl adjacent to an activating group) is 1. The first kappa shape index (κ1) is 20.5. The van der Waals surface area contributed by atoms with Gasteiger partial charge in [0.15, 0.2) is 5.72 Å². The highest BCUT2D eigenvalue weighted by atomic mass is 16.6. The number of nitrogens with two attached hydrogens (primary N) is 1. The number of carbonyl (C=O) groups excluding carboxylic acids is 3. The standard InChI is InChI=1S/C22H24N4O6/c1-10-16(24-11-4-6-12(27)7-5-11)19(29)15-13(9-32-21(23)30)22(31-3)20-14(25(20)2)8-26(22)17(15)18(10)28/h4-7,13-14,20,24,27H,8-9H2,1-3H3,(H2,23,30)/t13-,14+,20+,22?,25?/m0/s1. The minimum absolute atomic E-state index is 0.0472. The molecule has 3 heterocycles. The van der Waals surface area contributed by atoms with Crippen LogP contribution in [0.15, 0.2) is 46.8 Å². The van der Waals surface area contributed by atoms with Crippen LogP contribution in [0.1, 0.15) is 6.92 Å². The second kappa shape index (κ2) is 6.81. The number of carbonyl (C=O) groups is 3. The summed E-state index contributed by atoms with van der Waals surface area (Å²) in [6.07, 6.45) is -0.959. The average Bonchev–Trinajstić information content (AvgIpc) is 3.14. The zero-order chi connectivity index (χ0) is 22.9. The number of piperazine rings is 1. The molecule has 0 saturated carbocycles. The summed E-state index contributed by atoms with van der Waals surface area (Å²) in [6.45, 7) is 1.96. The van der Waals surface area contributed by atoms with Crippen LogP contribution in [-0.4, -0.2) is 77.7 Å². The fourth-order valence-corrected chi connectivity index (χ4v) is 5.55. The first-order valence-electron chi connectivity index (χ1n) is 10.3. The molecule has 10 heteroatoms. The topological polar surface area (TPSA) is 134 Å². The number of anilines is 1. The number of amides is 1. The highest BCUT2D eigenvalue weighted by Gasteiger charge is 2.75. The number of hydrogen-bond acceptors (Lipinski definition) is 9. The zero-order valence-electron chi connectivity index (χ0n) is 17.9. The molecule has 0 aromatic heterocycles. The number of rotatable bonds is 5. The van der Waals surface area contributed by atoms with Crippen LogP contribution in [0, 0.1) is 5.92 Å². The third-order valence-electron chi connectivity index (χ3n) is 7.08.